The maximum absolute atomic E-state index is 13.1. The number of aromatic nitrogens is 2. The normalized spacial score (nSPS) is 14.9. The maximum Gasteiger partial charge on any atom is 0.256 e. The first-order valence-electron chi connectivity index (χ1n) is 10.5. The van der Waals surface area contributed by atoms with Crippen molar-refractivity contribution in [2.45, 2.75) is 37.6 Å². The highest BCUT2D eigenvalue weighted by atomic mass is 35.5. The molecule has 0 atom stereocenters. The Labute approximate surface area is 193 Å². The number of halogens is 1. The number of sulfonamides is 1. The van der Waals surface area contributed by atoms with E-state index >= 15 is 0 Å². The summed E-state index contributed by atoms with van der Waals surface area (Å²) in [5, 5.41) is 7.43. The van der Waals surface area contributed by atoms with Crippen LogP contribution in [-0.2, 0) is 16.6 Å². The fourth-order valence-corrected chi connectivity index (χ4v) is 5.82. The lowest BCUT2D eigenvalue weighted by Gasteiger charge is -2.26. The van der Waals surface area contributed by atoms with Crippen molar-refractivity contribution in [1.29, 1.82) is 0 Å². The highest BCUT2D eigenvalue weighted by Gasteiger charge is 2.29. The molecule has 0 aliphatic carbocycles. The third-order valence-electron chi connectivity index (χ3n) is 5.45. The van der Waals surface area contributed by atoms with Gasteiger partial charge in [0.2, 0.25) is 10.0 Å². The molecule has 0 radical (unpaired) electrons. The lowest BCUT2D eigenvalue weighted by atomic mass is 10.2. The summed E-state index contributed by atoms with van der Waals surface area (Å²) in [6, 6.07) is 15.9. The molecular formula is C23H25ClN4O3S. The molecule has 0 unspecified atom stereocenters. The van der Waals surface area contributed by atoms with Gasteiger partial charge in [-0.05, 0) is 43.5 Å². The van der Waals surface area contributed by atoms with Gasteiger partial charge in [-0.3, -0.25) is 4.79 Å². The van der Waals surface area contributed by atoms with E-state index in [0.29, 0.717) is 25.5 Å². The monoisotopic (exact) mass is 472 g/mol. The second-order valence-electron chi connectivity index (χ2n) is 7.88. The van der Waals surface area contributed by atoms with Crippen molar-refractivity contribution >= 4 is 33.3 Å². The fraction of sp³-hybridized carbons (Fsp3) is 0.304. The van der Waals surface area contributed by atoms with Crippen LogP contribution in [0.5, 0.6) is 0 Å². The predicted molar refractivity (Wildman–Crippen MR) is 125 cm³/mol. The van der Waals surface area contributed by atoms with E-state index < -0.39 is 15.9 Å². The summed E-state index contributed by atoms with van der Waals surface area (Å²) in [4.78, 5) is 13.0. The van der Waals surface area contributed by atoms with Crippen LogP contribution in [0.3, 0.4) is 0 Å². The van der Waals surface area contributed by atoms with Gasteiger partial charge in [0.05, 0.1) is 17.3 Å². The molecule has 1 N–H and O–H groups in total. The molecule has 3 aromatic rings. The summed E-state index contributed by atoms with van der Waals surface area (Å²) in [6.07, 6.45) is 2.65. The molecule has 9 heteroatoms. The molecule has 1 fully saturated rings. The minimum Gasteiger partial charge on any atom is -0.307 e. The zero-order valence-corrected chi connectivity index (χ0v) is 19.4. The van der Waals surface area contributed by atoms with Crippen molar-refractivity contribution in [3.63, 3.8) is 0 Å². The largest absolute Gasteiger partial charge is 0.307 e. The Morgan fingerprint density at radius 1 is 1.06 bits per heavy atom. The first kappa shape index (κ1) is 22.5. The number of rotatable bonds is 6. The van der Waals surface area contributed by atoms with Gasteiger partial charge in [-0.2, -0.15) is 9.40 Å². The topological polar surface area (TPSA) is 84.3 Å². The van der Waals surface area contributed by atoms with Gasteiger partial charge < -0.3 is 5.32 Å². The third-order valence-corrected chi connectivity index (χ3v) is 7.83. The number of hydrogen-bond acceptors (Lipinski definition) is 4. The highest BCUT2D eigenvalue weighted by Crippen LogP contribution is 2.28. The first-order chi connectivity index (χ1) is 15.3. The van der Waals surface area contributed by atoms with E-state index in [1.165, 1.54) is 22.5 Å². The van der Waals surface area contributed by atoms with Crippen LogP contribution in [-0.4, -0.2) is 41.5 Å². The molecule has 1 aromatic heterocycles. The maximum atomic E-state index is 13.1. The van der Waals surface area contributed by atoms with Crippen LogP contribution >= 0.6 is 11.6 Å². The Hall–Kier alpha value is -2.68. The van der Waals surface area contributed by atoms with Crippen LogP contribution in [0.2, 0.25) is 5.02 Å². The Kier molecular flexibility index (Phi) is 6.64. The Morgan fingerprint density at radius 2 is 1.78 bits per heavy atom. The molecule has 0 bridgehead atoms. The predicted octanol–water partition coefficient (Wildman–Crippen LogP) is 4.32. The Balaban J connectivity index is 1.58. The highest BCUT2D eigenvalue weighted by molar-refractivity contribution is 7.89. The van der Waals surface area contributed by atoms with E-state index in [0.717, 1.165) is 30.5 Å². The zero-order chi connectivity index (χ0) is 22.7. The van der Waals surface area contributed by atoms with Gasteiger partial charge in [-0.25, -0.2) is 13.1 Å². The van der Waals surface area contributed by atoms with Crippen molar-refractivity contribution < 1.29 is 13.2 Å². The van der Waals surface area contributed by atoms with Gasteiger partial charge in [-0.1, -0.05) is 48.4 Å². The van der Waals surface area contributed by atoms with Crippen LogP contribution in [0.4, 0.5) is 5.82 Å². The number of piperidine rings is 1. The molecule has 168 valence electrons. The molecule has 0 saturated carbocycles. The molecular weight excluding hydrogens is 448 g/mol. The number of hydrogen-bond donors (Lipinski definition) is 1. The van der Waals surface area contributed by atoms with E-state index in [1.807, 2.05) is 37.3 Å². The van der Waals surface area contributed by atoms with Crippen molar-refractivity contribution in [1.82, 2.24) is 14.1 Å². The van der Waals surface area contributed by atoms with E-state index in [1.54, 1.807) is 10.7 Å². The van der Waals surface area contributed by atoms with Crippen LogP contribution in [0, 0.1) is 6.92 Å². The smallest absolute Gasteiger partial charge is 0.256 e. The van der Waals surface area contributed by atoms with Gasteiger partial charge in [0.1, 0.15) is 10.7 Å². The van der Waals surface area contributed by atoms with Gasteiger partial charge >= 0.3 is 0 Å². The van der Waals surface area contributed by atoms with E-state index in [2.05, 4.69) is 10.4 Å². The molecule has 32 heavy (non-hydrogen) atoms. The molecule has 1 aliphatic rings. The third kappa shape index (κ3) is 4.87. The van der Waals surface area contributed by atoms with Crippen LogP contribution in [0.25, 0.3) is 0 Å². The molecule has 2 aromatic carbocycles. The standard InChI is InChI=1S/C23H25ClN4O3S/c1-17-14-22(28(26-17)16-18-8-4-2-5-9-18)25-23(29)19-10-11-20(24)21(15-19)32(30,31)27-12-6-3-7-13-27/h2,4-5,8-11,14-15H,3,6-7,12-13,16H2,1H3,(H,25,29). The number of amides is 1. The number of carbonyl (C=O) groups is 1. The lowest BCUT2D eigenvalue weighted by Crippen LogP contribution is -2.35. The van der Waals surface area contributed by atoms with Gasteiger partial charge in [0, 0.05) is 24.7 Å². The summed E-state index contributed by atoms with van der Waals surface area (Å²) < 4.78 is 29.3. The van der Waals surface area contributed by atoms with E-state index in [9.17, 15) is 13.2 Å². The van der Waals surface area contributed by atoms with Crippen molar-refractivity contribution in [3.8, 4) is 0 Å². The van der Waals surface area contributed by atoms with Crippen molar-refractivity contribution in [2.24, 2.45) is 0 Å². The average molecular weight is 473 g/mol. The minimum atomic E-state index is -3.76. The minimum absolute atomic E-state index is 0.0392. The number of benzene rings is 2. The lowest BCUT2D eigenvalue weighted by molar-refractivity contribution is 0.102. The molecule has 1 saturated heterocycles. The molecule has 1 amide bonds. The van der Waals surface area contributed by atoms with Crippen LogP contribution in [0.15, 0.2) is 59.5 Å². The quantitative estimate of drug-likeness (QED) is 0.579. The molecule has 4 rings (SSSR count). The van der Waals surface area contributed by atoms with Crippen LogP contribution < -0.4 is 5.32 Å². The summed E-state index contributed by atoms with van der Waals surface area (Å²) in [7, 11) is -3.76. The van der Waals surface area contributed by atoms with Crippen molar-refractivity contribution in [3.05, 3.63) is 76.4 Å². The second-order valence-corrected chi connectivity index (χ2v) is 10.2. The average Bonchev–Trinajstić information content (AvgIpc) is 3.13. The van der Waals surface area contributed by atoms with E-state index in [4.69, 9.17) is 11.6 Å². The van der Waals surface area contributed by atoms with Crippen LogP contribution in [0.1, 0.15) is 40.9 Å². The molecule has 0 spiro atoms. The fourth-order valence-electron chi connectivity index (χ4n) is 3.80. The van der Waals surface area contributed by atoms with E-state index in [-0.39, 0.29) is 15.5 Å². The number of carbonyl (C=O) groups excluding carboxylic acids is 1. The second kappa shape index (κ2) is 9.44. The Morgan fingerprint density at radius 3 is 2.50 bits per heavy atom. The number of aryl methyl sites for hydroxylation is 1. The van der Waals surface area contributed by atoms with Gasteiger partial charge in [0.15, 0.2) is 0 Å². The number of anilines is 1. The summed E-state index contributed by atoms with van der Waals surface area (Å²) in [6.45, 7) is 3.28. The van der Waals surface area contributed by atoms with Gasteiger partial charge in [0.25, 0.3) is 5.91 Å². The summed E-state index contributed by atoms with van der Waals surface area (Å²) in [5.74, 6) is 0.109. The molecule has 1 aliphatic heterocycles. The molecule has 2 heterocycles. The summed E-state index contributed by atoms with van der Waals surface area (Å²) >= 11 is 6.23. The first-order valence-corrected chi connectivity index (χ1v) is 12.4. The Bertz CT molecular complexity index is 1220. The summed E-state index contributed by atoms with van der Waals surface area (Å²) in [5.41, 5.74) is 2.03. The molecule has 7 nitrogen and oxygen atoms in total. The van der Waals surface area contributed by atoms with Crippen molar-refractivity contribution in [2.75, 3.05) is 18.4 Å². The number of nitrogens with zero attached hydrogens (tertiary/aromatic N) is 3. The number of nitrogens with one attached hydrogen (secondary N) is 1. The zero-order valence-electron chi connectivity index (χ0n) is 17.8. The van der Waals surface area contributed by atoms with Gasteiger partial charge in [-0.15, -0.1) is 0 Å². The SMILES string of the molecule is Cc1cc(NC(=O)c2ccc(Cl)c(S(=O)(=O)N3CCCCC3)c2)n(Cc2ccccc2)n1.